The van der Waals surface area contributed by atoms with Crippen LogP contribution in [0.25, 0.3) is 11.1 Å². The van der Waals surface area contributed by atoms with E-state index in [-0.39, 0.29) is 0 Å². The molecule has 0 atom stereocenters. The Hall–Kier alpha value is -1.85. The van der Waals surface area contributed by atoms with Crippen LogP contribution in [0.1, 0.15) is 27.7 Å². The minimum atomic E-state index is -0.499. The monoisotopic (exact) mass is 311 g/mol. The van der Waals surface area contributed by atoms with Crippen LogP contribution < -0.4 is 10.3 Å². The van der Waals surface area contributed by atoms with Crippen LogP contribution in [0.2, 0.25) is 0 Å². The summed E-state index contributed by atoms with van der Waals surface area (Å²) < 4.78 is 17.8. The molecule has 23 heavy (non-hydrogen) atoms. The first-order chi connectivity index (χ1) is 10.9. The summed E-state index contributed by atoms with van der Waals surface area (Å²) in [6.45, 7) is 8.16. The minimum absolute atomic E-state index is 0.396. The van der Waals surface area contributed by atoms with Crippen molar-refractivity contribution in [3.8, 4) is 16.9 Å². The highest BCUT2D eigenvalue weighted by Crippen LogP contribution is 2.37. The Kier molecular flexibility index (Phi) is 3.94. The fourth-order valence-corrected chi connectivity index (χ4v) is 2.65. The Labute approximate surface area is 137 Å². The topological polar surface area (TPSA) is 40.6 Å². The molecule has 1 aliphatic heterocycles. The van der Waals surface area contributed by atoms with Gasteiger partial charge in [-0.05, 0) is 39.8 Å². The van der Waals surface area contributed by atoms with Crippen molar-refractivity contribution in [1.82, 2.24) is 4.98 Å². The molecule has 1 aromatic heterocycles. The zero-order valence-electron chi connectivity index (χ0n) is 14.3. The fourth-order valence-electron chi connectivity index (χ4n) is 2.65. The Morgan fingerprint density at radius 1 is 0.913 bits per heavy atom. The third-order valence-electron chi connectivity index (χ3n) is 4.71. The van der Waals surface area contributed by atoms with Crippen LogP contribution in [0.4, 0.5) is 0 Å². The van der Waals surface area contributed by atoms with Crippen molar-refractivity contribution in [3.05, 3.63) is 42.6 Å². The zero-order chi connectivity index (χ0) is 16.7. The molecule has 0 unspecified atom stereocenters. The molecule has 1 saturated heterocycles. The summed E-state index contributed by atoms with van der Waals surface area (Å²) in [5.41, 5.74) is 1.92. The number of para-hydroxylation sites is 1. The van der Waals surface area contributed by atoms with Gasteiger partial charge in [0, 0.05) is 17.3 Å². The van der Waals surface area contributed by atoms with Gasteiger partial charge >= 0.3 is 7.12 Å². The highest BCUT2D eigenvalue weighted by Gasteiger charge is 2.53. The van der Waals surface area contributed by atoms with Crippen molar-refractivity contribution in [2.24, 2.45) is 0 Å². The van der Waals surface area contributed by atoms with E-state index in [2.05, 4.69) is 4.98 Å². The van der Waals surface area contributed by atoms with Crippen LogP contribution in [0.15, 0.2) is 42.6 Å². The van der Waals surface area contributed by atoms with Crippen LogP contribution in [0.3, 0.4) is 0 Å². The van der Waals surface area contributed by atoms with Gasteiger partial charge in [-0.3, -0.25) is 4.98 Å². The van der Waals surface area contributed by atoms with E-state index in [1.165, 1.54) is 0 Å². The molecule has 0 radical (unpaired) electrons. The van der Waals surface area contributed by atoms with Gasteiger partial charge in [0.1, 0.15) is 5.75 Å². The molecule has 2 heterocycles. The summed E-state index contributed by atoms with van der Waals surface area (Å²) in [6.07, 6.45) is 1.76. The molecule has 120 valence electrons. The molecule has 1 aromatic carbocycles. The van der Waals surface area contributed by atoms with Gasteiger partial charge in [-0.25, -0.2) is 0 Å². The van der Waals surface area contributed by atoms with Gasteiger partial charge in [-0.15, -0.1) is 0 Å². The lowest BCUT2D eigenvalue weighted by Gasteiger charge is -2.32. The molecule has 0 bridgehead atoms. The Morgan fingerprint density at radius 2 is 1.52 bits per heavy atom. The van der Waals surface area contributed by atoms with Crippen molar-refractivity contribution in [2.75, 3.05) is 7.11 Å². The van der Waals surface area contributed by atoms with Gasteiger partial charge in [0.2, 0.25) is 0 Å². The molecule has 0 amide bonds. The van der Waals surface area contributed by atoms with Gasteiger partial charge in [0.25, 0.3) is 0 Å². The van der Waals surface area contributed by atoms with Crippen molar-refractivity contribution >= 4 is 12.7 Å². The summed E-state index contributed by atoms with van der Waals surface area (Å²) in [5, 5.41) is 0. The molecule has 0 aliphatic carbocycles. The molecular weight excluding hydrogens is 289 g/mol. The number of ether oxygens (including phenoxy) is 1. The third kappa shape index (κ3) is 2.75. The van der Waals surface area contributed by atoms with Crippen LogP contribution in [-0.2, 0) is 9.31 Å². The average Bonchev–Trinajstić information content (AvgIpc) is 2.75. The maximum absolute atomic E-state index is 6.16. The standard InChI is InChI=1S/C18H22BNO3/c1-17(2)18(3,4)23-19(22-17)16-14(10-8-12-20-16)13-9-6-7-11-15(13)21-5/h6-12H,1-5H3. The number of rotatable bonds is 3. The third-order valence-corrected chi connectivity index (χ3v) is 4.71. The number of hydrogen-bond donors (Lipinski definition) is 0. The average molecular weight is 311 g/mol. The van der Waals surface area contributed by atoms with Gasteiger partial charge in [0.05, 0.1) is 23.9 Å². The minimum Gasteiger partial charge on any atom is -0.496 e. The van der Waals surface area contributed by atoms with E-state index in [0.29, 0.717) is 0 Å². The second-order valence-corrected chi connectivity index (χ2v) is 6.72. The number of methoxy groups -OCH3 is 1. The fraction of sp³-hybridized carbons (Fsp3) is 0.389. The van der Waals surface area contributed by atoms with E-state index < -0.39 is 18.3 Å². The second-order valence-electron chi connectivity index (χ2n) is 6.72. The van der Waals surface area contributed by atoms with E-state index >= 15 is 0 Å². The van der Waals surface area contributed by atoms with E-state index in [9.17, 15) is 0 Å². The lowest BCUT2D eigenvalue weighted by molar-refractivity contribution is 0.00578. The quantitative estimate of drug-likeness (QED) is 0.817. The molecule has 0 spiro atoms. The predicted molar refractivity (Wildman–Crippen MR) is 91.9 cm³/mol. The summed E-state index contributed by atoms with van der Waals surface area (Å²) in [5.74, 6) is 0.804. The van der Waals surface area contributed by atoms with Crippen LogP contribution in [-0.4, -0.2) is 30.4 Å². The lowest BCUT2D eigenvalue weighted by Crippen LogP contribution is -2.41. The lowest BCUT2D eigenvalue weighted by atomic mass is 9.79. The number of pyridine rings is 1. The zero-order valence-corrected chi connectivity index (χ0v) is 14.3. The van der Waals surface area contributed by atoms with Gasteiger partial charge in [-0.1, -0.05) is 24.3 Å². The van der Waals surface area contributed by atoms with Gasteiger partial charge in [-0.2, -0.15) is 0 Å². The highest BCUT2D eigenvalue weighted by molar-refractivity contribution is 6.62. The second kappa shape index (κ2) is 5.66. The number of hydrogen-bond acceptors (Lipinski definition) is 4. The summed E-state index contributed by atoms with van der Waals surface area (Å²) >= 11 is 0. The van der Waals surface area contributed by atoms with E-state index in [0.717, 1.165) is 22.5 Å². The molecule has 1 fully saturated rings. The van der Waals surface area contributed by atoms with Crippen molar-refractivity contribution < 1.29 is 14.0 Å². The first-order valence-electron chi connectivity index (χ1n) is 7.80. The van der Waals surface area contributed by atoms with Crippen molar-refractivity contribution in [1.29, 1.82) is 0 Å². The Morgan fingerprint density at radius 3 is 2.17 bits per heavy atom. The first kappa shape index (κ1) is 16.0. The largest absolute Gasteiger partial charge is 0.515 e. The molecule has 4 nitrogen and oxygen atoms in total. The van der Waals surface area contributed by atoms with Crippen LogP contribution in [0.5, 0.6) is 5.75 Å². The first-order valence-corrected chi connectivity index (χ1v) is 7.80. The smallest absolute Gasteiger partial charge is 0.496 e. The summed E-state index contributed by atoms with van der Waals surface area (Å²) in [7, 11) is 1.17. The normalized spacial score (nSPS) is 18.9. The number of aromatic nitrogens is 1. The number of nitrogens with zero attached hydrogens (tertiary/aromatic N) is 1. The van der Waals surface area contributed by atoms with E-state index in [1.807, 2.05) is 64.1 Å². The Bertz CT molecular complexity index is 699. The molecule has 1 aliphatic rings. The maximum Gasteiger partial charge on any atom is 0.515 e. The van der Waals surface area contributed by atoms with Crippen molar-refractivity contribution in [3.63, 3.8) is 0 Å². The molecule has 0 N–H and O–H groups in total. The number of benzene rings is 1. The van der Waals surface area contributed by atoms with Gasteiger partial charge < -0.3 is 14.0 Å². The van der Waals surface area contributed by atoms with Crippen LogP contribution >= 0.6 is 0 Å². The molecule has 2 aromatic rings. The molecule has 3 rings (SSSR count). The van der Waals surface area contributed by atoms with Gasteiger partial charge in [0.15, 0.2) is 0 Å². The van der Waals surface area contributed by atoms with E-state index in [4.69, 9.17) is 14.0 Å². The Balaban J connectivity index is 2.07. The van der Waals surface area contributed by atoms with Crippen LogP contribution in [0, 0.1) is 0 Å². The summed E-state index contributed by atoms with van der Waals surface area (Å²) in [4.78, 5) is 4.54. The molecule has 0 saturated carbocycles. The van der Waals surface area contributed by atoms with E-state index in [1.54, 1.807) is 13.3 Å². The SMILES string of the molecule is COc1ccccc1-c1cccnc1B1OC(C)(C)C(C)(C)O1. The maximum atomic E-state index is 6.16. The molecule has 5 heteroatoms. The predicted octanol–water partition coefficient (Wildman–Crippen LogP) is 3.06. The summed E-state index contributed by atoms with van der Waals surface area (Å²) in [6, 6.07) is 11.8. The molecular formula is C18H22BNO3. The highest BCUT2D eigenvalue weighted by atomic mass is 16.7. The van der Waals surface area contributed by atoms with Crippen molar-refractivity contribution in [2.45, 2.75) is 38.9 Å².